The SMILES string of the molecule is CC(O)Cc1cccc(Cl)c1C(C)F. The van der Waals surface area contributed by atoms with Gasteiger partial charge in [0.2, 0.25) is 0 Å². The molecule has 1 rings (SSSR count). The smallest absolute Gasteiger partial charge is 0.124 e. The predicted octanol–water partition coefficient (Wildman–Crippen LogP) is 3.29. The minimum atomic E-state index is -1.10. The second-order valence-corrected chi connectivity index (χ2v) is 3.89. The van der Waals surface area contributed by atoms with Crippen LogP contribution in [0.1, 0.15) is 31.1 Å². The zero-order chi connectivity index (χ0) is 10.7. The second-order valence-electron chi connectivity index (χ2n) is 3.48. The van der Waals surface area contributed by atoms with Crippen molar-refractivity contribution in [3.63, 3.8) is 0 Å². The minimum Gasteiger partial charge on any atom is -0.393 e. The molecule has 2 atom stereocenters. The largest absolute Gasteiger partial charge is 0.393 e. The summed E-state index contributed by atoms with van der Waals surface area (Å²) in [7, 11) is 0. The number of aliphatic hydroxyl groups excluding tert-OH is 1. The molecule has 0 saturated carbocycles. The van der Waals surface area contributed by atoms with E-state index in [1.807, 2.05) is 0 Å². The molecule has 0 heterocycles. The molecule has 0 aliphatic carbocycles. The molecule has 1 N–H and O–H groups in total. The number of aliphatic hydroxyl groups is 1. The lowest BCUT2D eigenvalue weighted by Crippen LogP contribution is -2.07. The van der Waals surface area contributed by atoms with Gasteiger partial charge in [0.05, 0.1) is 6.10 Å². The summed E-state index contributed by atoms with van der Waals surface area (Å²) < 4.78 is 13.2. The molecular formula is C11H14ClFO. The molecule has 0 radical (unpaired) electrons. The van der Waals surface area contributed by atoms with Crippen molar-refractivity contribution in [3.8, 4) is 0 Å². The molecule has 0 aromatic heterocycles. The Morgan fingerprint density at radius 3 is 2.57 bits per heavy atom. The van der Waals surface area contributed by atoms with Gasteiger partial charge in [-0.05, 0) is 31.9 Å². The third kappa shape index (κ3) is 2.69. The number of halogens is 2. The van der Waals surface area contributed by atoms with Gasteiger partial charge in [0, 0.05) is 10.6 Å². The summed E-state index contributed by atoms with van der Waals surface area (Å²) in [6.07, 6.45) is -1.15. The highest BCUT2D eigenvalue weighted by Gasteiger charge is 2.14. The number of rotatable bonds is 3. The molecule has 1 aromatic rings. The summed E-state index contributed by atoms with van der Waals surface area (Å²) in [6, 6.07) is 5.23. The van der Waals surface area contributed by atoms with Crippen molar-refractivity contribution in [1.29, 1.82) is 0 Å². The number of hydrogen-bond donors (Lipinski definition) is 1. The van der Waals surface area contributed by atoms with E-state index in [1.54, 1.807) is 25.1 Å². The molecule has 78 valence electrons. The summed E-state index contributed by atoms with van der Waals surface area (Å²) in [5, 5.41) is 9.67. The summed E-state index contributed by atoms with van der Waals surface area (Å²) in [5.41, 5.74) is 1.28. The molecule has 0 fully saturated rings. The third-order valence-corrected chi connectivity index (χ3v) is 2.39. The summed E-state index contributed by atoms with van der Waals surface area (Å²) in [6.45, 7) is 3.13. The van der Waals surface area contributed by atoms with Crippen LogP contribution < -0.4 is 0 Å². The normalized spacial score (nSPS) is 15.2. The van der Waals surface area contributed by atoms with Crippen LogP contribution in [-0.2, 0) is 6.42 Å². The Kier molecular flexibility index (Phi) is 3.90. The van der Waals surface area contributed by atoms with E-state index < -0.39 is 12.3 Å². The van der Waals surface area contributed by atoms with E-state index in [4.69, 9.17) is 11.6 Å². The summed E-state index contributed by atoms with van der Waals surface area (Å²) in [5.74, 6) is 0. The molecule has 0 saturated heterocycles. The van der Waals surface area contributed by atoms with Gasteiger partial charge in [0.1, 0.15) is 6.17 Å². The molecule has 0 aliphatic heterocycles. The number of alkyl halides is 1. The fourth-order valence-electron chi connectivity index (χ4n) is 1.52. The van der Waals surface area contributed by atoms with Crippen molar-refractivity contribution >= 4 is 11.6 Å². The highest BCUT2D eigenvalue weighted by molar-refractivity contribution is 6.31. The highest BCUT2D eigenvalue weighted by atomic mass is 35.5. The number of benzene rings is 1. The molecule has 2 unspecified atom stereocenters. The van der Waals surface area contributed by atoms with E-state index in [1.165, 1.54) is 6.92 Å². The Hall–Kier alpha value is -0.600. The first-order chi connectivity index (χ1) is 6.52. The van der Waals surface area contributed by atoms with Gasteiger partial charge < -0.3 is 5.11 Å². The van der Waals surface area contributed by atoms with Crippen LogP contribution in [0, 0.1) is 0 Å². The maximum Gasteiger partial charge on any atom is 0.124 e. The van der Waals surface area contributed by atoms with Crippen LogP contribution in [0.2, 0.25) is 5.02 Å². The van der Waals surface area contributed by atoms with E-state index in [9.17, 15) is 9.50 Å². The topological polar surface area (TPSA) is 20.2 Å². The highest BCUT2D eigenvalue weighted by Crippen LogP contribution is 2.29. The fraction of sp³-hybridized carbons (Fsp3) is 0.455. The first kappa shape index (κ1) is 11.5. The molecule has 0 bridgehead atoms. The lowest BCUT2D eigenvalue weighted by Gasteiger charge is -2.13. The lowest BCUT2D eigenvalue weighted by atomic mass is 9.99. The van der Waals surface area contributed by atoms with E-state index in [0.29, 0.717) is 17.0 Å². The van der Waals surface area contributed by atoms with Gasteiger partial charge in [-0.3, -0.25) is 0 Å². The molecule has 3 heteroatoms. The third-order valence-electron chi connectivity index (χ3n) is 2.06. The lowest BCUT2D eigenvalue weighted by molar-refractivity contribution is 0.194. The molecule has 0 aliphatic rings. The van der Waals surface area contributed by atoms with Crippen molar-refractivity contribution in [1.82, 2.24) is 0 Å². The van der Waals surface area contributed by atoms with Gasteiger partial charge in [-0.25, -0.2) is 4.39 Å². The number of hydrogen-bond acceptors (Lipinski definition) is 1. The van der Waals surface area contributed by atoms with E-state index in [0.717, 1.165) is 5.56 Å². The van der Waals surface area contributed by atoms with Crippen LogP contribution >= 0.6 is 11.6 Å². The fourth-order valence-corrected chi connectivity index (χ4v) is 1.87. The van der Waals surface area contributed by atoms with Crippen LogP contribution in [-0.4, -0.2) is 11.2 Å². The maximum atomic E-state index is 13.2. The van der Waals surface area contributed by atoms with E-state index in [-0.39, 0.29) is 0 Å². The molecule has 1 nitrogen and oxygen atoms in total. The van der Waals surface area contributed by atoms with Gasteiger partial charge >= 0.3 is 0 Å². The first-order valence-electron chi connectivity index (χ1n) is 4.61. The van der Waals surface area contributed by atoms with Crippen LogP contribution in [0.5, 0.6) is 0 Å². The minimum absolute atomic E-state index is 0.429. The maximum absolute atomic E-state index is 13.2. The first-order valence-corrected chi connectivity index (χ1v) is 4.99. The average Bonchev–Trinajstić information content (AvgIpc) is 2.01. The van der Waals surface area contributed by atoms with Gasteiger partial charge in [-0.15, -0.1) is 0 Å². The Bertz CT molecular complexity index is 310. The quantitative estimate of drug-likeness (QED) is 0.822. The van der Waals surface area contributed by atoms with Gasteiger partial charge in [0.25, 0.3) is 0 Å². The van der Waals surface area contributed by atoms with Crippen molar-refractivity contribution < 1.29 is 9.50 Å². The average molecular weight is 217 g/mol. The molecule has 1 aromatic carbocycles. The predicted molar refractivity (Wildman–Crippen MR) is 56.4 cm³/mol. The van der Waals surface area contributed by atoms with Crippen molar-refractivity contribution in [3.05, 3.63) is 34.3 Å². The molecule has 0 amide bonds. The standard InChI is InChI=1S/C11H14ClFO/c1-7(14)6-9-4-3-5-10(12)11(9)8(2)13/h3-5,7-8,14H,6H2,1-2H3. The van der Waals surface area contributed by atoms with Gasteiger partial charge in [-0.1, -0.05) is 23.7 Å². The van der Waals surface area contributed by atoms with Crippen molar-refractivity contribution in [2.24, 2.45) is 0 Å². The van der Waals surface area contributed by atoms with Crippen molar-refractivity contribution in [2.45, 2.75) is 32.5 Å². The van der Waals surface area contributed by atoms with Crippen LogP contribution in [0.25, 0.3) is 0 Å². The summed E-state index contributed by atoms with van der Waals surface area (Å²) in [4.78, 5) is 0. The van der Waals surface area contributed by atoms with Crippen LogP contribution in [0.4, 0.5) is 4.39 Å². The molecular weight excluding hydrogens is 203 g/mol. The Labute approximate surface area is 88.5 Å². The van der Waals surface area contributed by atoms with Crippen LogP contribution in [0.3, 0.4) is 0 Å². The Morgan fingerprint density at radius 2 is 2.07 bits per heavy atom. The summed E-state index contributed by atoms with van der Waals surface area (Å²) >= 11 is 5.89. The van der Waals surface area contributed by atoms with E-state index >= 15 is 0 Å². The van der Waals surface area contributed by atoms with Crippen LogP contribution in [0.15, 0.2) is 18.2 Å². The molecule has 14 heavy (non-hydrogen) atoms. The monoisotopic (exact) mass is 216 g/mol. The Balaban J connectivity index is 3.08. The van der Waals surface area contributed by atoms with Gasteiger partial charge in [-0.2, -0.15) is 0 Å². The Morgan fingerprint density at radius 1 is 1.43 bits per heavy atom. The second kappa shape index (κ2) is 4.76. The molecule has 0 spiro atoms. The van der Waals surface area contributed by atoms with E-state index in [2.05, 4.69) is 0 Å². The van der Waals surface area contributed by atoms with Crippen molar-refractivity contribution in [2.75, 3.05) is 0 Å². The zero-order valence-corrected chi connectivity index (χ0v) is 9.05. The zero-order valence-electron chi connectivity index (χ0n) is 8.30. The van der Waals surface area contributed by atoms with Gasteiger partial charge in [0.15, 0.2) is 0 Å².